The number of nitro benzene ring substituents is 1. The number of nitro groups is 1. The Morgan fingerprint density at radius 3 is 2.53 bits per heavy atom. The van der Waals surface area contributed by atoms with Crippen LogP contribution in [0.4, 0.5) is 10.5 Å². The first kappa shape index (κ1) is 17.6. The minimum absolute atomic E-state index is 0.0978. The molecule has 0 fully saturated rings. The van der Waals surface area contributed by atoms with Crippen molar-refractivity contribution in [3.8, 4) is 11.6 Å². The lowest BCUT2D eigenvalue weighted by molar-refractivity contribution is -0.384. The zero-order valence-electron chi connectivity index (χ0n) is 15.4. The van der Waals surface area contributed by atoms with Crippen LogP contribution in [0.5, 0.6) is 11.6 Å². The molecule has 2 aromatic carbocycles. The fourth-order valence-electron chi connectivity index (χ4n) is 3.32. The van der Waals surface area contributed by atoms with Crippen LogP contribution in [0.2, 0.25) is 0 Å². The summed E-state index contributed by atoms with van der Waals surface area (Å²) in [6, 6.07) is 20.3. The molecule has 0 aliphatic heterocycles. The molecule has 0 N–H and O–H groups in total. The Morgan fingerprint density at radius 1 is 0.933 bits per heavy atom. The number of ether oxygens (including phenoxy) is 2. The Balaban J connectivity index is 1.47. The number of benzene rings is 2. The van der Waals surface area contributed by atoms with Crippen LogP contribution in [0.15, 0.2) is 79.0 Å². The summed E-state index contributed by atoms with van der Waals surface area (Å²) >= 11 is 0. The highest BCUT2D eigenvalue weighted by Crippen LogP contribution is 2.28. The molecule has 5 rings (SSSR count). The highest BCUT2D eigenvalue weighted by Gasteiger charge is 2.14. The first-order chi connectivity index (χ1) is 14.6. The van der Waals surface area contributed by atoms with Crippen molar-refractivity contribution in [3.05, 3.63) is 89.1 Å². The molecule has 0 spiro atoms. The summed E-state index contributed by atoms with van der Waals surface area (Å²) in [5.41, 5.74) is 2.36. The summed E-state index contributed by atoms with van der Waals surface area (Å²) < 4.78 is 12.2. The smallest absolute Gasteiger partial charge is 0.395 e. The Kier molecular flexibility index (Phi) is 4.03. The SMILES string of the molecule is O=C(Oc1ccc([N+](=O)[O-])cc1)Oc1cccc2c3nc4ccccc4cc3cn12. The maximum absolute atomic E-state index is 12.2. The van der Waals surface area contributed by atoms with E-state index in [9.17, 15) is 14.9 Å². The number of hydrogen-bond donors (Lipinski definition) is 0. The maximum Gasteiger partial charge on any atom is 0.520 e. The van der Waals surface area contributed by atoms with Crippen LogP contribution >= 0.6 is 0 Å². The number of carbonyl (C=O) groups is 1. The third-order valence-electron chi connectivity index (χ3n) is 4.69. The molecule has 8 heteroatoms. The molecule has 0 atom stereocenters. The Bertz CT molecular complexity index is 1440. The minimum Gasteiger partial charge on any atom is -0.395 e. The van der Waals surface area contributed by atoms with Crippen LogP contribution in [-0.4, -0.2) is 20.5 Å². The number of hydrogen-bond acceptors (Lipinski definition) is 6. The van der Waals surface area contributed by atoms with Gasteiger partial charge in [0.05, 0.1) is 21.5 Å². The molecule has 5 aromatic rings. The number of pyridine rings is 2. The molecule has 30 heavy (non-hydrogen) atoms. The lowest BCUT2D eigenvalue weighted by atomic mass is 10.2. The highest BCUT2D eigenvalue weighted by molar-refractivity contribution is 6.01. The van der Waals surface area contributed by atoms with Crippen molar-refractivity contribution in [2.45, 2.75) is 0 Å². The molecule has 0 unspecified atom stereocenters. The van der Waals surface area contributed by atoms with Gasteiger partial charge in [0, 0.05) is 29.1 Å². The van der Waals surface area contributed by atoms with E-state index in [-0.39, 0.29) is 17.3 Å². The van der Waals surface area contributed by atoms with Crippen molar-refractivity contribution in [1.29, 1.82) is 0 Å². The first-order valence-corrected chi connectivity index (χ1v) is 9.02. The maximum atomic E-state index is 12.2. The topological polar surface area (TPSA) is 96.0 Å². The van der Waals surface area contributed by atoms with Crippen molar-refractivity contribution in [2.75, 3.05) is 0 Å². The number of para-hydroxylation sites is 1. The number of carbonyl (C=O) groups excluding carboxylic acids is 1. The van der Waals surface area contributed by atoms with Crippen molar-refractivity contribution in [2.24, 2.45) is 0 Å². The first-order valence-electron chi connectivity index (χ1n) is 9.02. The largest absolute Gasteiger partial charge is 0.520 e. The molecule has 8 nitrogen and oxygen atoms in total. The van der Waals surface area contributed by atoms with Gasteiger partial charge in [-0.05, 0) is 36.4 Å². The van der Waals surface area contributed by atoms with Crippen molar-refractivity contribution >= 4 is 39.2 Å². The molecule has 0 radical (unpaired) electrons. The molecule has 0 saturated heterocycles. The Labute approximate surface area is 169 Å². The van der Waals surface area contributed by atoms with Gasteiger partial charge in [0.2, 0.25) is 5.88 Å². The van der Waals surface area contributed by atoms with Crippen molar-refractivity contribution < 1.29 is 19.2 Å². The second-order valence-electron chi connectivity index (χ2n) is 6.57. The summed E-state index contributed by atoms with van der Waals surface area (Å²) in [4.78, 5) is 27.2. The lowest BCUT2D eigenvalue weighted by Crippen LogP contribution is -2.15. The monoisotopic (exact) mass is 399 g/mol. The van der Waals surface area contributed by atoms with Gasteiger partial charge < -0.3 is 9.47 Å². The van der Waals surface area contributed by atoms with Gasteiger partial charge in [-0.25, -0.2) is 9.78 Å². The zero-order valence-corrected chi connectivity index (χ0v) is 15.4. The second kappa shape index (κ2) is 6.85. The predicted octanol–water partition coefficient (Wildman–Crippen LogP) is 5.13. The van der Waals surface area contributed by atoms with Gasteiger partial charge in [0.1, 0.15) is 5.75 Å². The number of non-ortho nitro benzene ring substituents is 1. The van der Waals surface area contributed by atoms with Crippen LogP contribution in [0.3, 0.4) is 0 Å². The van der Waals surface area contributed by atoms with E-state index in [1.54, 1.807) is 16.5 Å². The predicted molar refractivity (Wildman–Crippen MR) is 110 cm³/mol. The van der Waals surface area contributed by atoms with Crippen LogP contribution in [0.25, 0.3) is 27.3 Å². The third-order valence-corrected chi connectivity index (χ3v) is 4.69. The standard InChI is InChI=1S/C22H13N3O5/c26-22(29-17-10-8-16(9-11-17)25(27)28)30-20-7-3-6-19-21-15(13-24(19)20)12-14-4-1-2-5-18(14)23-21/h1-13H. The molecule has 3 heterocycles. The van der Waals surface area contributed by atoms with E-state index in [4.69, 9.17) is 14.5 Å². The molecule has 3 aromatic heterocycles. The molecule has 0 aliphatic carbocycles. The molecule has 0 amide bonds. The Morgan fingerprint density at radius 2 is 1.73 bits per heavy atom. The van der Waals surface area contributed by atoms with E-state index in [0.717, 1.165) is 27.3 Å². The fraction of sp³-hybridized carbons (Fsp3) is 0. The summed E-state index contributed by atoms with van der Waals surface area (Å²) in [7, 11) is 0. The van der Waals surface area contributed by atoms with Gasteiger partial charge in [0.25, 0.3) is 5.69 Å². The third kappa shape index (κ3) is 3.06. The van der Waals surface area contributed by atoms with Gasteiger partial charge in [0.15, 0.2) is 0 Å². The number of rotatable bonds is 3. The summed E-state index contributed by atoms with van der Waals surface area (Å²) in [5, 5.41) is 12.6. The van der Waals surface area contributed by atoms with Gasteiger partial charge in [-0.15, -0.1) is 0 Å². The van der Waals surface area contributed by atoms with Crippen LogP contribution in [0, 0.1) is 10.1 Å². The zero-order chi connectivity index (χ0) is 20.7. The summed E-state index contributed by atoms with van der Waals surface area (Å²) in [6.07, 6.45) is 0.894. The summed E-state index contributed by atoms with van der Waals surface area (Å²) in [5.74, 6) is 0.407. The van der Waals surface area contributed by atoms with Crippen molar-refractivity contribution in [3.63, 3.8) is 0 Å². The normalized spacial score (nSPS) is 11.1. The molecular formula is C22H13N3O5. The average molecular weight is 399 g/mol. The Hall–Kier alpha value is -4.46. The van der Waals surface area contributed by atoms with E-state index >= 15 is 0 Å². The quantitative estimate of drug-likeness (QED) is 0.181. The summed E-state index contributed by atoms with van der Waals surface area (Å²) in [6.45, 7) is 0. The van der Waals surface area contributed by atoms with Gasteiger partial charge in [-0.2, -0.15) is 0 Å². The lowest BCUT2D eigenvalue weighted by Gasteiger charge is -2.07. The highest BCUT2D eigenvalue weighted by atomic mass is 16.7. The minimum atomic E-state index is -0.952. The van der Waals surface area contributed by atoms with Crippen molar-refractivity contribution in [1.82, 2.24) is 9.38 Å². The van der Waals surface area contributed by atoms with E-state index in [1.165, 1.54) is 24.3 Å². The van der Waals surface area contributed by atoms with Crippen LogP contribution in [-0.2, 0) is 0 Å². The van der Waals surface area contributed by atoms with Crippen LogP contribution in [0.1, 0.15) is 0 Å². The van der Waals surface area contributed by atoms with E-state index in [2.05, 4.69) is 0 Å². The van der Waals surface area contributed by atoms with E-state index in [1.807, 2.05) is 42.6 Å². The molecular weight excluding hydrogens is 386 g/mol. The average Bonchev–Trinajstić information content (AvgIpc) is 3.11. The number of nitrogens with zero attached hydrogens (tertiary/aromatic N) is 3. The number of fused-ring (bicyclic) bond motifs is 4. The van der Waals surface area contributed by atoms with E-state index < -0.39 is 11.1 Å². The van der Waals surface area contributed by atoms with Crippen LogP contribution < -0.4 is 9.47 Å². The molecule has 0 bridgehead atoms. The van der Waals surface area contributed by atoms with Gasteiger partial charge in [-0.3, -0.25) is 14.5 Å². The molecule has 0 aliphatic rings. The van der Waals surface area contributed by atoms with Gasteiger partial charge >= 0.3 is 6.16 Å². The fourth-order valence-corrected chi connectivity index (χ4v) is 3.32. The van der Waals surface area contributed by atoms with Gasteiger partial charge in [-0.1, -0.05) is 24.3 Å². The number of aromatic nitrogens is 2. The molecule has 146 valence electrons. The second-order valence-corrected chi connectivity index (χ2v) is 6.57. The van der Waals surface area contributed by atoms with E-state index in [0.29, 0.717) is 0 Å². The molecule has 0 saturated carbocycles.